The highest BCUT2D eigenvalue weighted by Gasteiger charge is 2.08. The summed E-state index contributed by atoms with van der Waals surface area (Å²) in [5, 5.41) is 4.22. The van der Waals surface area contributed by atoms with Crippen molar-refractivity contribution < 1.29 is 4.79 Å². The van der Waals surface area contributed by atoms with E-state index in [9.17, 15) is 4.79 Å². The van der Waals surface area contributed by atoms with Gasteiger partial charge in [-0.3, -0.25) is 4.79 Å². The number of rotatable bonds is 4. The number of benzene rings is 1. The monoisotopic (exact) mass is 414 g/mol. The van der Waals surface area contributed by atoms with Crippen LogP contribution in [0.15, 0.2) is 49.8 Å². The number of hydrazone groups is 1. The zero-order valence-electron chi connectivity index (χ0n) is 10.7. The van der Waals surface area contributed by atoms with Crippen LogP contribution in [-0.4, -0.2) is 11.6 Å². The van der Waals surface area contributed by atoms with Gasteiger partial charge in [0.2, 0.25) is 0 Å². The molecule has 2 aromatic rings. The van der Waals surface area contributed by atoms with E-state index in [1.165, 1.54) is 0 Å². The maximum atomic E-state index is 12.0. The molecule has 0 fully saturated rings. The van der Waals surface area contributed by atoms with E-state index in [0.29, 0.717) is 5.56 Å². The van der Waals surface area contributed by atoms with Gasteiger partial charge in [-0.1, -0.05) is 28.9 Å². The smallest absolute Gasteiger partial charge is 0.267 e. The topological polar surface area (TPSA) is 41.5 Å². The number of thiophene rings is 1. The van der Waals surface area contributed by atoms with E-state index in [0.717, 1.165) is 25.3 Å². The Labute approximate surface area is 138 Å². The largest absolute Gasteiger partial charge is 0.271 e. The zero-order chi connectivity index (χ0) is 14.5. The molecule has 20 heavy (non-hydrogen) atoms. The SMILES string of the molecule is CCC(=NNC(=O)c1cccc(Br)c1)c1ccc(Br)s1. The predicted octanol–water partition coefficient (Wildman–Crippen LogP) is 4.82. The van der Waals surface area contributed by atoms with Crippen LogP contribution in [0.5, 0.6) is 0 Å². The molecular weight excluding hydrogens is 404 g/mol. The van der Waals surface area contributed by atoms with Crippen molar-refractivity contribution in [2.75, 3.05) is 0 Å². The highest BCUT2D eigenvalue weighted by atomic mass is 79.9. The Hall–Kier alpha value is -0.980. The molecule has 0 atom stereocenters. The summed E-state index contributed by atoms with van der Waals surface area (Å²) in [4.78, 5) is 13.1. The van der Waals surface area contributed by atoms with Crippen molar-refractivity contribution in [3.63, 3.8) is 0 Å². The van der Waals surface area contributed by atoms with Crippen LogP contribution < -0.4 is 5.43 Å². The maximum absolute atomic E-state index is 12.0. The summed E-state index contributed by atoms with van der Waals surface area (Å²) in [6, 6.07) is 11.2. The van der Waals surface area contributed by atoms with Crippen LogP contribution in [0.25, 0.3) is 0 Å². The van der Waals surface area contributed by atoms with E-state index in [1.807, 2.05) is 31.2 Å². The molecule has 0 radical (unpaired) electrons. The number of nitrogens with zero attached hydrogens (tertiary/aromatic N) is 1. The average molecular weight is 416 g/mol. The summed E-state index contributed by atoms with van der Waals surface area (Å²) in [6.07, 6.45) is 0.756. The van der Waals surface area contributed by atoms with Crippen LogP contribution in [0.1, 0.15) is 28.6 Å². The van der Waals surface area contributed by atoms with Crippen LogP contribution in [0.3, 0.4) is 0 Å². The van der Waals surface area contributed by atoms with Gasteiger partial charge < -0.3 is 0 Å². The molecule has 2 rings (SSSR count). The second-order valence-corrected chi connectivity index (χ2v) is 7.35. The van der Waals surface area contributed by atoms with Crippen LogP contribution in [-0.2, 0) is 0 Å². The average Bonchev–Trinajstić information content (AvgIpc) is 2.86. The highest BCUT2D eigenvalue weighted by Crippen LogP contribution is 2.23. The lowest BCUT2D eigenvalue weighted by atomic mass is 10.2. The van der Waals surface area contributed by atoms with Crippen molar-refractivity contribution in [3.05, 3.63) is 55.1 Å². The highest BCUT2D eigenvalue weighted by molar-refractivity contribution is 9.11. The Balaban J connectivity index is 2.12. The molecule has 0 spiro atoms. The van der Waals surface area contributed by atoms with Gasteiger partial charge in [0.05, 0.1) is 14.4 Å². The van der Waals surface area contributed by atoms with Crippen LogP contribution in [0.2, 0.25) is 0 Å². The molecule has 0 aliphatic rings. The van der Waals surface area contributed by atoms with Crippen LogP contribution in [0, 0.1) is 0 Å². The van der Waals surface area contributed by atoms with Crippen LogP contribution in [0.4, 0.5) is 0 Å². The summed E-state index contributed by atoms with van der Waals surface area (Å²) < 4.78 is 1.92. The summed E-state index contributed by atoms with van der Waals surface area (Å²) in [7, 11) is 0. The van der Waals surface area contributed by atoms with Crippen molar-refractivity contribution in [3.8, 4) is 0 Å². The maximum Gasteiger partial charge on any atom is 0.271 e. The molecule has 0 saturated heterocycles. The lowest BCUT2D eigenvalue weighted by molar-refractivity contribution is 0.0954. The van der Waals surface area contributed by atoms with Gasteiger partial charge in [0, 0.05) is 10.0 Å². The van der Waals surface area contributed by atoms with E-state index < -0.39 is 0 Å². The van der Waals surface area contributed by atoms with Gasteiger partial charge in [-0.05, 0) is 52.7 Å². The zero-order valence-corrected chi connectivity index (χ0v) is 14.7. The lowest BCUT2D eigenvalue weighted by Crippen LogP contribution is -2.19. The van der Waals surface area contributed by atoms with E-state index in [2.05, 4.69) is 42.4 Å². The molecule has 1 aromatic heterocycles. The summed E-state index contributed by atoms with van der Waals surface area (Å²) >= 11 is 8.37. The summed E-state index contributed by atoms with van der Waals surface area (Å²) in [5.41, 5.74) is 4.04. The second-order valence-electron chi connectivity index (χ2n) is 3.97. The third-order valence-electron chi connectivity index (χ3n) is 2.57. The van der Waals surface area contributed by atoms with Gasteiger partial charge >= 0.3 is 0 Å². The molecule has 0 aliphatic carbocycles. The first-order chi connectivity index (χ1) is 9.60. The molecule has 0 saturated carbocycles. The number of halogens is 2. The van der Waals surface area contributed by atoms with E-state index in [-0.39, 0.29) is 5.91 Å². The normalized spacial score (nSPS) is 11.4. The van der Waals surface area contributed by atoms with Gasteiger partial charge in [0.1, 0.15) is 0 Å². The molecule has 0 aliphatic heterocycles. The number of carbonyl (C=O) groups excluding carboxylic acids is 1. The molecular formula is C14H12Br2N2OS. The Kier molecular flexibility index (Phi) is 5.51. The Bertz CT molecular complexity index is 652. The fourth-order valence-corrected chi connectivity index (χ4v) is 3.43. The molecule has 1 heterocycles. The molecule has 3 nitrogen and oxygen atoms in total. The van der Waals surface area contributed by atoms with Crippen molar-refractivity contribution in [1.82, 2.24) is 5.43 Å². The third kappa shape index (κ3) is 4.01. The van der Waals surface area contributed by atoms with Gasteiger partial charge in [-0.15, -0.1) is 11.3 Å². The summed E-state index contributed by atoms with van der Waals surface area (Å²) in [5.74, 6) is -0.215. The second kappa shape index (κ2) is 7.15. The Morgan fingerprint density at radius 2 is 2.10 bits per heavy atom. The van der Waals surface area contributed by atoms with E-state index in [1.54, 1.807) is 23.5 Å². The van der Waals surface area contributed by atoms with Gasteiger partial charge in [-0.25, -0.2) is 5.43 Å². The number of nitrogens with one attached hydrogen (secondary N) is 1. The Morgan fingerprint density at radius 1 is 1.30 bits per heavy atom. The first-order valence-electron chi connectivity index (χ1n) is 5.98. The third-order valence-corrected chi connectivity index (χ3v) is 4.74. The first kappa shape index (κ1) is 15.4. The van der Waals surface area contributed by atoms with E-state index >= 15 is 0 Å². The minimum absolute atomic E-state index is 0.215. The predicted molar refractivity (Wildman–Crippen MR) is 90.5 cm³/mol. The van der Waals surface area contributed by atoms with Crippen molar-refractivity contribution in [2.45, 2.75) is 13.3 Å². The number of amides is 1. The van der Waals surface area contributed by atoms with Gasteiger partial charge in [0.15, 0.2) is 0 Å². The molecule has 1 aromatic carbocycles. The molecule has 1 N–H and O–H groups in total. The van der Waals surface area contributed by atoms with Crippen molar-refractivity contribution >= 4 is 54.8 Å². The van der Waals surface area contributed by atoms with Crippen LogP contribution >= 0.6 is 43.2 Å². The van der Waals surface area contributed by atoms with Crippen molar-refractivity contribution in [2.24, 2.45) is 5.10 Å². The number of carbonyl (C=O) groups is 1. The van der Waals surface area contributed by atoms with Gasteiger partial charge in [0.25, 0.3) is 5.91 Å². The van der Waals surface area contributed by atoms with Crippen molar-refractivity contribution in [1.29, 1.82) is 0 Å². The first-order valence-corrected chi connectivity index (χ1v) is 8.38. The van der Waals surface area contributed by atoms with Gasteiger partial charge in [-0.2, -0.15) is 5.10 Å². The minimum Gasteiger partial charge on any atom is -0.267 e. The summed E-state index contributed by atoms with van der Waals surface area (Å²) in [6.45, 7) is 2.01. The lowest BCUT2D eigenvalue weighted by Gasteiger charge is -2.03. The molecule has 0 bridgehead atoms. The quantitative estimate of drug-likeness (QED) is 0.564. The molecule has 0 unspecified atom stereocenters. The molecule has 6 heteroatoms. The standard InChI is InChI=1S/C14H12Br2N2OS/c1-2-11(12-6-7-13(16)20-12)17-18-14(19)9-4-3-5-10(15)8-9/h3-8H,2H2,1H3,(H,18,19). The number of hydrogen-bond donors (Lipinski definition) is 1. The fourth-order valence-electron chi connectivity index (χ4n) is 1.59. The molecule has 1 amide bonds. The fraction of sp³-hybridized carbons (Fsp3) is 0.143. The Morgan fingerprint density at radius 3 is 2.70 bits per heavy atom. The van der Waals surface area contributed by atoms with E-state index in [4.69, 9.17) is 0 Å². The minimum atomic E-state index is -0.215. The number of hydrogen-bond acceptors (Lipinski definition) is 3. The molecule has 104 valence electrons.